The summed E-state index contributed by atoms with van der Waals surface area (Å²) < 4.78 is 52.3. The molecule has 0 unspecified atom stereocenters. The molecule has 36 heavy (non-hydrogen) atoms. The first-order valence-electron chi connectivity index (χ1n) is 10.8. The Morgan fingerprint density at radius 3 is 2.58 bits per heavy atom. The molecule has 1 aromatic heterocycles. The van der Waals surface area contributed by atoms with Gasteiger partial charge in [-0.15, -0.1) is 11.3 Å². The Labute approximate surface area is 208 Å². The number of carboxylic acids is 1. The average Bonchev–Trinajstić information content (AvgIpc) is 3.38. The maximum Gasteiger partial charge on any atom is 0.513 e. The smallest absolute Gasteiger partial charge is 0.480 e. The third kappa shape index (κ3) is 5.07. The molecule has 4 rings (SSSR count). The van der Waals surface area contributed by atoms with E-state index in [9.17, 15) is 27.9 Å². The lowest BCUT2D eigenvalue weighted by molar-refractivity contribution is -0.142. The zero-order valence-corrected chi connectivity index (χ0v) is 20.4. The van der Waals surface area contributed by atoms with Crippen molar-refractivity contribution in [1.29, 1.82) is 0 Å². The number of carbonyl (C=O) groups is 2. The third-order valence-corrected chi connectivity index (χ3v) is 6.84. The summed E-state index contributed by atoms with van der Waals surface area (Å²) in [5, 5.41) is 13.0. The van der Waals surface area contributed by atoms with Gasteiger partial charge >= 0.3 is 12.1 Å². The number of methoxy groups -OCH3 is 1. The first-order chi connectivity index (χ1) is 16.9. The van der Waals surface area contributed by atoms with Gasteiger partial charge in [-0.25, -0.2) is 27.9 Å². The number of rotatable bonds is 6. The SMILES string of the molecule is COC(=O)OC1=C(CN2CC(F)(F)C[C@H]2C(=O)O)NC(c2ncc(C)s2)=N[C@@]1(C)c1ccc(F)cc1. The minimum atomic E-state index is -3.22. The molecule has 0 radical (unpaired) electrons. The van der Waals surface area contributed by atoms with Crippen molar-refractivity contribution in [1.82, 2.24) is 15.2 Å². The van der Waals surface area contributed by atoms with E-state index >= 15 is 0 Å². The first-order valence-corrected chi connectivity index (χ1v) is 11.6. The number of aromatic nitrogens is 1. The van der Waals surface area contributed by atoms with Crippen LogP contribution in [0.25, 0.3) is 0 Å². The summed E-state index contributed by atoms with van der Waals surface area (Å²) in [5.74, 6) is -4.96. The summed E-state index contributed by atoms with van der Waals surface area (Å²) in [6, 6.07) is 3.87. The Bertz CT molecular complexity index is 1250. The third-order valence-electron chi connectivity index (χ3n) is 5.92. The number of aliphatic carboxylic acids is 1. The summed E-state index contributed by atoms with van der Waals surface area (Å²) in [6.45, 7) is 2.30. The van der Waals surface area contributed by atoms with Crippen molar-refractivity contribution in [2.45, 2.75) is 37.8 Å². The molecule has 1 saturated heterocycles. The Morgan fingerprint density at radius 2 is 2.00 bits per heavy atom. The van der Waals surface area contributed by atoms with E-state index in [2.05, 4.69) is 15.0 Å². The van der Waals surface area contributed by atoms with Gasteiger partial charge in [-0.05, 0) is 31.5 Å². The fourth-order valence-electron chi connectivity index (χ4n) is 4.23. The molecular formula is C23H23F3N4O5S. The molecule has 0 saturated carbocycles. The number of carbonyl (C=O) groups excluding carboxylic acids is 1. The van der Waals surface area contributed by atoms with Gasteiger partial charge in [0, 0.05) is 24.0 Å². The molecule has 192 valence electrons. The van der Waals surface area contributed by atoms with Gasteiger partial charge in [-0.3, -0.25) is 9.69 Å². The second kappa shape index (κ2) is 9.54. The number of benzene rings is 1. The monoisotopic (exact) mass is 524 g/mol. The van der Waals surface area contributed by atoms with Crippen molar-refractivity contribution in [3.8, 4) is 0 Å². The van der Waals surface area contributed by atoms with Crippen LogP contribution in [0.4, 0.5) is 18.0 Å². The van der Waals surface area contributed by atoms with Crippen LogP contribution in [0.1, 0.15) is 28.8 Å². The fourth-order valence-corrected chi connectivity index (χ4v) is 4.93. The van der Waals surface area contributed by atoms with Gasteiger partial charge in [0.15, 0.2) is 16.6 Å². The highest BCUT2D eigenvalue weighted by atomic mass is 32.1. The zero-order valence-electron chi connectivity index (χ0n) is 19.5. The summed E-state index contributed by atoms with van der Waals surface area (Å²) in [7, 11) is 1.10. The predicted molar refractivity (Wildman–Crippen MR) is 123 cm³/mol. The minimum Gasteiger partial charge on any atom is -0.480 e. The van der Waals surface area contributed by atoms with Crippen LogP contribution in [0.2, 0.25) is 0 Å². The quantitative estimate of drug-likeness (QED) is 0.551. The average molecular weight is 525 g/mol. The number of hydrogen-bond acceptors (Lipinski definition) is 9. The van der Waals surface area contributed by atoms with E-state index in [1.165, 1.54) is 35.6 Å². The highest BCUT2D eigenvalue weighted by molar-refractivity contribution is 7.13. The van der Waals surface area contributed by atoms with E-state index in [1.54, 1.807) is 13.1 Å². The summed E-state index contributed by atoms with van der Waals surface area (Å²) in [6.07, 6.45) is -0.321. The van der Waals surface area contributed by atoms with E-state index in [1.807, 2.05) is 6.92 Å². The maximum absolute atomic E-state index is 14.2. The number of likely N-dealkylation sites (tertiary alicyclic amines) is 1. The molecule has 0 bridgehead atoms. The van der Waals surface area contributed by atoms with Gasteiger partial charge in [0.05, 0.1) is 19.4 Å². The van der Waals surface area contributed by atoms with Gasteiger partial charge in [0.25, 0.3) is 5.92 Å². The minimum absolute atomic E-state index is 0.0997. The lowest BCUT2D eigenvalue weighted by Crippen LogP contribution is -2.46. The molecule has 9 nitrogen and oxygen atoms in total. The van der Waals surface area contributed by atoms with E-state index in [4.69, 9.17) is 9.73 Å². The number of hydrogen-bond donors (Lipinski definition) is 2. The molecule has 2 aliphatic heterocycles. The topological polar surface area (TPSA) is 113 Å². The van der Waals surface area contributed by atoms with E-state index in [-0.39, 0.29) is 23.8 Å². The highest BCUT2D eigenvalue weighted by Gasteiger charge is 2.50. The van der Waals surface area contributed by atoms with Gasteiger partial charge in [0.2, 0.25) is 0 Å². The summed E-state index contributed by atoms with van der Waals surface area (Å²) in [5.41, 5.74) is -0.902. The molecule has 1 aromatic carbocycles. The van der Waals surface area contributed by atoms with Gasteiger partial charge in [0.1, 0.15) is 17.4 Å². The molecular weight excluding hydrogens is 501 g/mol. The van der Waals surface area contributed by atoms with Gasteiger partial charge < -0.3 is 19.9 Å². The number of nitrogens with zero attached hydrogens (tertiary/aromatic N) is 3. The molecule has 2 N–H and O–H groups in total. The Hall–Kier alpha value is -3.45. The molecule has 13 heteroatoms. The van der Waals surface area contributed by atoms with Gasteiger partial charge in [-0.1, -0.05) is 12.1 Å². The number of aryl methyl sites for hydroxylation is 1. The molecule has 0 spiro atoms. The molecule has 2 atom stereocenters. The van der Waals surface area contributed by atoms with Crippen LogP contribution in [0.15, 0.2) is 46.9 Å². The number of thiazole rings is 1. The Kier molecular flexibility index (Phi) is 6.80. The highest BCUT2D eigenvalue weighted by Crippen LogP contribution is 2.40. The molecule has 0 amide bonds. The van der Waals surface area contributed by atoms with Gasteiger partial charge in [-0.2, -0.15) is 0 Å². The Morgan fingerprint density at radius 1 is 1.31 bits per heavy atom. The van der Waals surface area contributed by atoms with Crippen molar-refractivity contribution >= 4 is 29.3 Å². The Balaban J connectivity index is 1.86. The van der Waals surface area contributed by atoms with Crippen molar-refractivity contribution < 1.29 is 37.3 Å². The second-order valence-electron chi connectivity index (χ2n) is 8.62. The molecule has 2 aliphatic rings. The van der Waals surface area contributed by atoms with Crippen molar-refractivity contribution in [2.24, 2.45) is 4.99 Å². The number of amidine groups is 1. The standard InChI is InChI=1S/C23H23F3N4O5S/c1-12-9-27-19(36-12)18-28-15(10-30-11-23(25,26)8-16(30)20(31)32)17(35-21(33)34-3)22(2,29-18)13-4-6-14(24)7-5-13/h4-7,9,16H,8,10-11H2,1-3H3,(H,28,29)(H,31,32)/t16-,22-/m0/s1. The molecule has 2 aromatic rings. The summed E-state index contributed by atoms with van der Waals surface area (Å²) in [4.78, 5) is 35.0. The second-order valence-corrected chi connectivity index (χ2v) is 9.86. The largest absolute Gasteiger partial charge is 0.513 e. The molecule has 1 fully saturated rings. The number of ether oxygens (including phenoxy) is 2. The zero-order chi connectivity index (χ0) is 26.3. The van der Waals surface area contributed by atoms with Crippen molar-refractivity contribution in [3.63, 3.8) is 0 Å². The maximum atomic E-state index is 14.2. The van der Waals surface area contributed by atoms with E-state index in [0.717, 1.165) is 16.9 Å². The van der Waals surface area contributed by atoms with Crippen LogP contribution < -0.4 is 5.32 Å². The normalized spacial score (nSPS) is 23.7. The van der Waals surface area contributed by atoms with Crippen molar-refractivity contribution in [2.75, 3.05) is 20.2 Å². The lowest BCUT2D eigenvalue weighted by Gasteiger charge is -2.36. The van der Waals surface area contributed by atoms with Crippen LogP contribution in [0.5, 0.6) is 0 Å². The number of halogens is 3. The van der Waals surface area contributed by atoms with Crippen LogP contribution in [-0.2, 0) is 19.8 Å². The predicted octanol–water partition coefficient (Wildman–Crippen LogP) is 3.64. The van der Waals surface area contributed by atoms with E-state index in [0.29, 0.717) is 10.6 Å². The van der Waals surface area contributed by atoms with Crippen LogP contribution in [-0.4, -0.2) is 65.1 Å². The van der Waals surface area contributed by atoms with Crippen LogP contribution in [0, 0.1) is 12.7 Å². The molecule has 0 aliphatic carbocycles. The molecule has 3 heterocycles. The lowest BCUT2D eigenvalue weighted by atomic mass is 9.88. The van der Waals surface area contributed by atoms with Crippen LogP contribution >= 0.6 is 11.3 Å². The number of nitrogens with one attached hydrogen (secondary N) is 1. The number of carboxylic acid groups (broad SMARTS) is 1. The number of alkyl halides is 2. The van der Waals surface area contributed by atoms with Crippen LogP contribution in [0.3, 0.4) is 0 Å². The van der Waals surface area contributed by atoms with Crippen molar-refractivity contribution in [3.05, 3.63) is 63.2 Å². The van der Waals surface area contributed by atoms with E-state index < -0.39 is 48.4 Å². The fraction of sp³-hybridized carbons (Fsp3) is 0.391. The number of aliphatic imine (C=N–C) groups is 1. The summed E-state index contributed by atoms with van der Waals surface area (Å²) >= 11 is 1.32. The first kappa shape index (κ1) is 25.6.